The zero-order chi connectivity index (χ0) is 17.4. The average Bonchev–Trinajstić information content (AvgIpc) is 3.07. The molecule has 130 valence electrons. The smallest absolute Gasteiger partial charge is 0.248 e. The molecule has 1 aliphatic carbocycles. The number of nitrogens with one attached hydrogen (secondary N) is 1. The Labute approximate surface area is 149 Å². The number of hydrogen-bond donors (Lipinski definition) is 2. The van der Waals surface area contributed by atoms with Crippen LogP contribution in [-0.4, -0.2) is 11.9 Å². The number of hydrogen-bond acceptors (Lipinski definition) is 2. The van der Waals surface area contributed by atoms with Gasteiger partial charge in [-0.3, -0.25) is 4.79 Å². The third-order valence-corrected chi connectivity index (χ3v) is 5.90. The number of amides is 1. The van der Waals surface area contributed by atoms with Crippen molar-refractivity contribution in [3.63, 3.8) is 0 Å². The Bertz CT molecular complexity index is 798. The van der Waals surface area contributed by atoms with E-state index in [1.807, 2.05) is 18.2 Å². The summed E-state index contributed by atoms with van der Waals surface area (Å²) in [6, 6.07) is 15.9. The molecule has 0 saturated carbocycles. The number of rotatable bonds is 3. The fourth-order valence-corrected chi connectivity index (χ4v) is 4.52. The average molecular weight is 334 g/mol. The van der Waals surface area contributed by atoms with Crippen LogP contribution in [0, 0.1) is 0 Å². The summed E-state index contributed by atoms with van der Waals surface area (Å²) in [6.07, 6.45) is 5.63. The van der Waals surface area contributed by atoms with Crippen LogP contribution in [0.25, 0.3) is 0 Å². The summed E-state index contributed by atoms with van der Waals surface area (Å²) < 4.78 is 0. The van der Waals surface area contributed by atoms with Crippen LogP contribution >= 0.6 is 0 Å². The van der Waals surface area contributed by atoms with Gasteiger partial charge < -0.3 is 11.1 Å². The molecule has 3 atom stereocenters. The second-order valence-corrected chi connectivity index (χ2v) is 7.62. The van der Waals surface area contributed by atoms with Crippen LogP contribution < -0.4 is 11.1 Å². The van der Waals surface area contributed by atoms with Crippen LogP contribution in [0.5, 0.6) is 0 Å². The minimum Gasteiger partial charge on any atom is -0.366 e. The van der Waals surface area contributed by atoms with Gasteiger partial charge in [0.1, 0.15) is 0 Å². The Morgan fingerprint density at radius 1 is 1.08 bits per heavy atom. The summed E-state index contributed by atoms with van der Waals surface area (Å²) in [6.45, 7) is 2.26. The van der Waals surface area contributed by atoms with Gasteiger partial charge in [0.05, 0.1) is 0 Å². The molecule has 0 unspecified atom stereocenters. The lowest BCUT2D eigenvalue weighted by molar-refractivity contribution is 0.0999. The van der Waals surface area contributed by atoms with Crippen molar-refractivity contribution < 1.29 is 4.79 Å². The number of benzene rings is 2. The number of carbonyl (C=O) groups is 1. The molecule has 0 bridgehead atoms. The maximum absolute atomic E-state index is 11.7. The van der Waals surface area contributed by atoms with Crippen LogP contribution in [0.4, 0.5) is 0 Å². The molecule has 3 heteroatoms. The van der Waals surface area contributed by atoms with E-state index >= 15 is 0 Å². The highest BCUT2D eigenvalue weighted by molar-refractivity contribution is 5.94. The molecule has 2 aromatic carbocycles. The van der Waals surface area contributed by atoms with E-state index in [4.69, 9.17) is 5.73 Å². The van der Waals surface area contributed by atoms with Crippen molar-refractivity contribution in [1.29, 1.82) is 0 Å². The van der Waals surface area contributed by atoms with E-state index in [9.17, 15) is 4.79 Å². The molecule has 1 fully saturated rings. The first kappa shape index (κ1) is 16.3. The maximum Gasteiger partial charge on any atom is 0.248 e. The Morgan fingerprint density at radius 3 is 2.68 bits per heavy atom. The van der Waals surface area contributed by atoms with Crippen molar-refractivity contribution in [2.75, 3.05) is 0 Å². The lowest BCUT2D eigenvalue weighted by atomic mass is 9.78. The van der Waals surface area contributed by atoms with Gasteiger partial charge in [-0.15, -0.1) is 0 Å². The third-order valence-electron chi connectivity index (χ3n) is 5.90. The van der Waals surface area contributed by atoms with Gasteiger partial charge in [-0.2, -0.15) is 0 Å². The molecule has 0 radical (unpaired) electrons. The molecular weight excluding hydrogens is 308 g/mol. The molecule has 1 heterocycles. The number of nitrogens with two attached hydrogens (primary N) is 1. The van der Waals surface area contributed by atoms with Gasteiger partial charge in [0, 0.05) is 17.6 Å². The second-order valence-electron chi connectivity index (χ2n) is 7.62. The summed E-state index contributed by atoms with van der Waals surface area (Å²) in [5.74, 6) is 0.0600. The molecular formula is C22H26N2O. The van der Waals surface area contributed by atoms with Gasteiger partial charge in [0.15, 0.2) is 0 Å². The normalized spacial score (nSPS) is 25.6. The van der Waals surface area contributed by atoms with Gasteiger partial charge in [-0.1, -0.05) is 36.4 Å². The molecule has 3 N–H and O–H groups in total. The van der Waals surface area contributed by atoms with Crippen molar-refractivity contribution in [2.45, 2.75) is 57.0 Å². The van der Waals surface area contributed by atoms with Crippen molar-refractivity contribution in [3.05, 3.63) is 70.3 Å². The minimum absolute atomic E-state index is 0.321. The number of carbonyl (C=O) groups excluding carboxylic acids is 1. The van der Waals surface area contributed by atoms with Gasteiger partial charge in [0.2, 0.25) is 5.91 Å². The maximum atomic E-state index is 11.7. The Hall–Kier alpha value is -2.13. The van der Waals surface area contributed by atoms with Crippen molar-refractivity contribution in [3.8, 4) is 0 Å². The van der Waals surface area contributed by atoms with Crippen molar-refractivity contribution >= 4 is 5.91 Å². The predicted octanol–water partition coefficient (Wildman–Crippen LogP) is 3.87. The monoisotopic (exact) mass is 334 g/mol. The summed E-state index contributed by atoms with van der Waals surface area (Å²) >= 11 is 0. The number of primary amides is 1. The first-order valence-corrected chi connectivity index (χ1v) is 9.38. The molecule has 3 nitrogen and oxygen atoms in total. The molecule has 25 heavy (non-hydrogen) atoms. The van der Waals surface area contributed by atoms with E-state index in [0.29, 0.717) is 23.6 Å². The van der Waals surface area contributed by atoms with Gasteiger partial charge in [-0.25, -0.2) is 0 Å². The van der Waals surface area contributed by atoms with E-state index < -0.39 is 0 Å². The number of fused-ring (bicyclic) bond motifs is 1. The molecule has 0 aromatic heterocycles. The van der Waals surface area contributed by atoms with E-state index in [-0.39, 0.29) is 5.91 Å². The highest BCUT2D eigenvalue weighted by Gasteiger charge is 2.26. The second kappa shape index (κ2) is 6.64. The molecule has 2 aliphatic rings. The van der Waals surface area contributed by atoms with E-state index in [1.165, 1.54) is 29.5 Å². The van der Waals surface area contributed by atoms with E-state index in [1.54, 1.807) is 0 Å². The predicted molar refractivity (Wildman–Crippen MR) is 101 cm³/mol. The standard InChI is InChI=1S/C22H26N2O/c1-14-6-11-21(24-14)18-10-8-15-12-17(9-7-16(15)13-18)19-4-2-3-5-20(19)22(23)25/h2-5,8,10,13-14,17,21,24H,6-7,9,11-12H2,1H3,(H2,23,25)/t14-,17-,21+/m0/s1. The molecule has 1 aliphatic heterocycles. The fraction of sp³-hybridized carbons (Fsp3) is 0.409. The SMILES string of the molecule is C[C@H]1CC[C@H](c2ccc3c(c2)CC[C@H](c2ccccc2C(N)=O)C3)N1. The quantitative estimate of drug-likeness (QED) is 0.895. The van der Waals surface area contributed by atoms with E-state index in [2.05, 4.69) is 36.5 Å². The van der Waals surface area contributed by atoms with Crippen LogP contribution in [0.3, 0.4) is 0 Å². The van der Waals surface area contributed by atoms with Gasteiger partial charge >= 0.3 is 0 Å². The summed E-state index contributed by atoms with van der Waals surface area (Å²) in [4.78, 5) is 11.7. The first-order valence-electron chi connectivity index (χ1n) is 9.38. The lowest BCUT2D eigenvalue weighted by Crippen LogP contribution is -2.22. The minimum atomic E-state index is -0.321. The Morgan fingerprint density at radius 2 is 1.92 bits per heavy atom. The fourth-order valence-electron chi connectivity index (χ4n) is 4.52. The topological polar surface area (TPSA) is 55.1 Å². The first-order chi connectivity index (χ1) is 12.1. The highest BCUT2D eigenvalue weighted by Crippen LogP contribution is 2.36. The van der Waals surface area contributed by atoms with Gasteiger partial charge in [0.25, 0.3) is 0 Å². The van der Waals surface area contributed by atoms with Crippen LogP contribution in [0.15, 0.2) is 42.5 Å². The third kappa shape index (κ3) is 3.21. The summed E-state index contributed by atoms with van der Waals surface area (Å²) in [5, 5.41) is 3.68. The van der Waals surface area contributed by atoms with Crippen molar-refractivity contribution in [1.82, 2.24) is 5.32 Å². The lowest BCUT2D eigenvalue weighted by Gasteiger charge is -2.27. The largest absolute Gasteiger partial charge is 0.366 e. The summed E-state index contributed by atoms with van der Waals surface area (Å²) in [5.41, 5.74) is 11.7. The summed E-state index contributed by atoms with van der Waals surface area (Å²) in [7, 11) is 0. The highest BCUT2D eigenvalue weighted by atomic mass is 16.1. The molecule has 1 saturated heterocycles. The molecule has 2 aromatic rings. The van der Waals surface area contributed by atoms with E-state index in [0.717, 1.165) is 24.8 Å². The molecule has 0 spiro atoms. The zero-order valence-corrected chi connectivity index (χ0v) is 14.8. The molecule has 4 rings (SSSR count). The Balaban J connectivity index is 1.57. The zero-order valence-electron chi connectivity index (χ0n) is 14.8. The van der Waals surface area contributed by atoms with Gasteiger partial charge in [-0.05, 0) is 73.3 Å². The number of aryl methyl sites for hydroxylation is 1. The van der Waals surface area contributed by atoms with Crippen molar-refractivity contribution in [2.24, 2.45) is 5.73 Å². The van der Waals surface area contributed by atoms with Crippen LogP contribution in [-0.2, 0) is 12.8 Å². The van der Waals surface area contributed by atoms with Crippen LogP contribution in [0.2, 0.25) is 0 Å². The van der Waals surface area contributed by atoms with Crippen LogP contribution in [0.1, 0.15) is 70.8 Å². The Kier molecular flexibility index (Phi) is 4.34. The molecule has 1 amide bonds.